The van der Waals surface area contributed by atoms with Crippen LogP contribution in [0, 0.1) is 5.92 Å². The maximum atomic E-state index is 4.68. The van der Waals surface area contributed by atoms with Gasteiger partial charge in [-0.3, -0.25) is 4.99 Å². The zero-order valence-corrected chi connectivity index (χ0v) is 11.9. The topological polar surface area (TPSA) is 15.6 Å². The fourth-order valence-electron chi connectivity index (χ4n) is 2.37. The van der Waals surface area contributed by atoms with Gasteiger partial charge in [0.05, 0.1) is 6.54 Å². The molecule has 86 valence electrons. The van der Waals surface area contributed by atoms with Crippen molar-refractivity contribution in [1.29, 1.82) is 0 Å². The van der Waals surface area contributed by atoms with Crippen LogP contribution in [0.2, 0.25) is 0 Å². The Morgan fingerprint density at radius 1 is 1.60 bits per heavy atom. The van der Waals surface area contributed by atoms with Crippen molar-refractivity contribution in [2.24, 2.45) is 10.9 Å². The first kappa shape index (κ1) is 11.8. The van der Waals surface area contributed by atoms with Crippen molar-refractivity contribution < 1.29 is 0 Å². The number of aliphatic imine (C=N–C) groups is 1. The highest BCUT2D eigenvalue weighted by Gasteiger charge is 2.32. The average Bonchev–Trinajstić information content (AvgIpc) is 2.85. The van der Waals surface area contributed by atoms with E-state index in [2.05, 4.69) is 39.7 Å². The first-order chi connectivity index (χ1) is 7.22. The molecule has 0 amide bonds. The van der Waals surface area contributed by atoms with E-state index in [9.17, 15) is 0 Å². The zero-order chi connectivity index (χ0) is 10.8. The number of nitrogens with zero attached hydrogens (tertiary/aromatic N) is 2. The first-order valence-electron chi connectivity index (χ1n) is 5.76. The van der Waals surface area contributed by atoms with Crippen LogP contribution >= 0.6 is 27.7 Å². The summed E-state index contributed by atoms with van der Waals surface area (Å²) in [5, 5.41) is 3.02. The van der Waals surface area contributed by atoms with Crippen molar-refractivity contribution >= 4 is 32.9 Å². The van der Waals surface area contributed by atoms with E-state index in [1.54, 1.807) is 0 Å². The van der Waals surface area contributed by atoms with E-state index in [1.165, 1.54) is 24.6 Å². The number of thioether (sulfide) groups is 1. The summed E-state index contributed by atoms with van der Waals surface area (Å²) >= 11 is 5.50. The smallest absolute Gasteiger partial charge is 0.159 e. The second-order valence-corrected chi connectivity index (χ2v) is 6.58. The van der Waals surface area contributed by atoms with Crippen LogP contribution < -0.4 is 0 Å². The number of halogens is 1. The quantitative estimate of drug-likeness (QED) is 0.727. The third kappa shape index (κ3) is 2.52. The number of alkyl halides is 1. The Kier molecular flexibility index (Phi) is 3.99. The highest BCUT2D eigenvalue weighted by atomic mass is 79.9. The van der Waals surface area contributed by atoms with Crippen LogP contribution in [0.4, 0.5) is 0 Å². The molecule has 1 fully saturated rings. The Balaban J connectivity index is 1.99. The van der Waals surface area contributed by atoms with Crippen LogP contribution in [0.15, 0.2) is 4.99 Å². The summed E-state index contributed by atoms with van der Waals surface area (Å²) in [5.74, 6) is 0.749. The van der Waals surface area contributed by atoms with E-state index in [0.29, 0.717) is 5.25 Å². The van der Waals surface area contributed by atoms with Gasteiger partial charge < -0.3 is 4.90 Å². The van der Waals surface area contributed by atoms with Gasteiger partial charge >= 0.3 is 0 Å². The molecule has 2 atom stereocenters. The van der Waals surface area contributed by atoms with Crippen LogP contribution in [0.25, 0.3) is 0 Å². The highest BCUT2D eigenvalue weighted by Crippen LogP contribution is 2.32. The molecule has 2 rings (SSSR count). The van der Waals surface area contributed by atoms with Gasteiger partial charge in [0.2, 0.25) is 0 Å². The van der Waals surface area contributed by atoms with Gasteiger partial charge in [-0.05, 0) is 18.8 Å². The van der Waals surface area contributed by atoms with Gasteiger partial charge in [0.25, 0.3) is 0 Å². The fourth-order valence-corrected chi connectivity index (χ4v) is 3.99. The number of hydrogen-bond acceptors (Lipinski definition) is 3. The standard InChI is InChI=1S/C11H19BrN2S/c1-8(2)10-4-3-5-14(10)11-13-7-9(6-12)15-11/h8-10H,3-7H2,1-2H3. The van der Waals surface area contributed by atoms with Crippen molar-refractivity contribution in [2.45, 2.75) is 38.0 Å². The van der Waals surface area contributed by atoms with Crippen LogP contribution in [-0.4, -0.2) is 39.8 Å². The van der Waals surface area contributed by atoms with E-state index in [1.807, 2.05) is 11.8 Å². The average molecular weight is 291 g/mol. The van der Waals surface area contributed by atoms with E-state index in [0.717, 1.165) is 23.8 Å². The molecule has 2 unspecified atom stereocenters. The predicted molar refractivity (Wildman–Crippen MR) is 72.0 cm³/mol. The molecule has 0 aromatic carbocycles. The fraction of sp³-hybridized carbons (Fsp3) is 0.909. The van der Waals surface area contributed by atoms with Crippen LogP contribution in [0.1, 0.15) is 26.7 Å². The first-order valence-corrected chi connectivity index (χ1v) is 7.76. The summed E-state index contributed by atoms with van der Waals surface area (Å²) in [7, 11) is 0. The SMILES string of the molecule is CC(C)C1CCCN1C1=NCC(CBr)S1. The maximum absolute atomic E-state index is 4.68. The number of amidine groups is 1. The lowest BCUT2D eigenvalue weighted by Crippen LogP contribution is -2.36. The van der Waals surface area contributed by atoms with Crippen LogP contribution in [0.3, 0.4) is 0 Å². The van der Waals surface area contributed by atoms with Crippen molar-refractivity contribution in [3.8, 4) is 0 Å². The monoisotopic (exact) mass is 290 g/mol. The van der Waals surface area contributed by atoms with E-state index in [4.69, 9.17) is 0 Å². The molecule has 2 heterocycles. The lowest BCUT2D eigenvalue weighted by molar-refractivity contribution is 0.314. The van der Waals surface area contributed by atoms with Crippen LogP contribution in [-0.2, 0) is 0 Å². The summed E-state index contributed by atoms with van der Waals surface area (Å²) in [4.78, 5) is 7.22. The molecular weight excluding hydrogens is 272 g/mol. The molecule has 0 aromatic rings. The van der Waals surface area contributed by atoms with E-state index >= 15 is 0 Å². The van der Waals surface area contributed by atoms with Gasteiger partial charge in [-0.2, -0.15) is 0 Å². The summed E-state index contributed by atoms with van der Waals surface area (Å²) in [6.07, 6.45) is 2.68. The Morgan fingerprint density at radius 3 is 3.00 bits per heavy atom. The Bertz CT molecular complexity index is 255. The predicted octanol–water partition coefficient (Wildman–Crippen LogP) is 2.97. The second-order valence-electron chi connectivity index (χ2n) is 4.66. The minimum Gasteiger partial charge on any atom is -0.348 e. The van der Waals surface area contributed by atoms with Crippen molar-refractivity contribution in [3.63, 3.8) is 0 Å². The molecule has 0 N–H and O–H groups in total. The van der Waals surface area contributed by atoms with Gasteiger partial charge in [0, 0.05) is 23.2 Å². The third-order valence-electron chi connectivity index (χ3n) is 3.19. The molecule has 0 spiro atoms. The van der Waals surface area contributed by atoms with Crippen LogP contribution in [0.5, 0.6) is 0 Å². The Labute approximate surface area is 105 Å². The molecule has 4 heteroatoms. The van der Waals surface area contributed by atoms with E-state index < -0.39 is 0 Å². The van der Waals surface area contributed by atoms with E-state index in [-0.39, 0.29) is 0 Å². The Hall–Kier alpha value is 0.300. The molecule has 2 nitrogen and oxygen atoms in total. The Morgan fingerprint density at radius 2 is 2.40 bits per heavy atom. The molecule has 1 saturated heterocycles. The maximum Gasteiger partial charge on any atom is 0.159 e. The molecule has 0 aromatic heterocycles. The molecule has 2 aliphatic rings. The molecule has 0 aliphatic carbocycles. The largest absolute Gasteiger partial charge is 0.348 e. The summed E-state index contributed by atoms with van der Waals surface area (Å²) in [6.45, 7) is 6.85. The summed E-state index contributed by atoms with van der Waals surface area (Å²) < 4.78 is 0. The van der Waals surface area contributed by atoms with Gasteiger partial charge in [0.15, 0.2) is 5.17 Å². The minimum absolute atomic E-state index is 0.661. The number of rotatable bonds is 2. The molecule has 2 aliphatic heterocycles. The summed E-state index contributed by atoms with van der Waals surface area (Å²) in [6, 6.07) is 0.727. The summed E-state index contributed by atoms with van der Waals surface area (Å²) in [5.41, 5.74) is 0. The minimum atomic E-state index is 0.661. The normalized spacial score (nSPS) is 31.5. The van der Waals surface area contributed by atoms with Gasteiger partial charge in [-0.15, -0.1) is 0 Å². The van der Waals surface area contributed by atoms with Gasteiger partial charge in [0.1, 0.15) is 0 Å². The zero-order valence-electron chi connectivity index (χ0n) is 9.45. The number of hydrogen-bond donors (Lipinski definition) is 0. The molecule has 15 heavy (non-hydrogen) atoms. The highest BCUT2D eigenvalue weighted by molar-refractivity contribution is 9.09. The van der Waals surface area contributed by atoms with Crippen molar-refractivity contribution in [2.75, 3.05) is 18.4 Å². The van der Waals surface area contributed by atoms with Crippen molar-refractivity contribution in [3.05, 3.63) is 0 Å². The third-order valence-corrected chi connectivity index (χ3v) is 5.62. The number of likely N-dealkylation sites (tertiary alicyclic amines) is 1. The molecule has 0 bridgehead atoms. The van der Waals surface area contributed by atoms with Crippen molar-refractivity contribution in [1.82, 2.24) is 4.90 Å². The molecule has 0 radical (unpaired) electrons. The van der Waals surface area contributed by atoms with Gasteiger partial charge in [-0.25, -0.2) is 0 Å². The lowest BCUT2D eigenvalue weighted by atomic mass is 10.0. The molecule has 0 saturated carbocycles. The van der Waals surface area contributed by atoms with Gasteiger partial charge in [-0.1, -0.05) is 41.5 Å². The molecular formula is C11H19BrN2S. The second kappa shape index (κ2) is 5.09. The lowest BCUT2D eigenvalue weighted by Gasteiger charge is -2.29.